The number of nitrogens with zero attached hydrogens (tertiary/aromatic N) is 2. The van der Waals surface area contributed by atoms with Crippen LogP contribution in [0.4, 0.5) is 4.39 Å². The van der Waals surface area contributed by atoms with E-state index in [0.717, 1.165) is 0 Å². The van der Waals surface area contributed by atoms with E-state index in [0.29, 0.717) is 0 Å². The third-order valence-electron chi connectivity index (χ3n) is 1.12. The highest BCUT2D eigenvalue weighted by molar-refractivity contribution is 4.76. The van der Waals surface area contributed by atoms with Crippen LogP contribution >= 0.6 is 0 Å². The zero-order valence-corrected chi connectivity index (χ0v) is 6.06. The zero-order chi connectivity index (χ0) is 6.15. The molecule has 0 amide bonds. The number of hydrogen-bond acceptors (Lipinski definition) is 0. The third-order valence-corrected chi connectivity index (χ3v) is 1.12. The van der Waals surface area contributed by atoms with Gasteiger partial charge in [-0.3, -0.25) is 0 Å². The Bertz CT molecular complexity index is 177. The zero-order valence-electron chi connectivity index (χ0n) is 5.31. The first-order valence-corrected chi connectivity index (χ1v) is 2.38. The summed E-state index contributed by atoms with van der Waals surface area (Å²) in [6.07, 6.45) is 2.83. The molecule has 0 N–H and O–H groups in total. The van der Waals surface area contributed by atoms with Gasteiger partial charge < -0.3 is 12.4 Å². The van der Waals surface area contributed by atoms with Crippen LogP contribution in [0.15, 0.2) is 12.4 Å². The lowest BCUT2D eigenvalue weighted by Gasteiger charge is -1.81. The molecule has 0 aliphatic rings. The average Bonchev–Trinajstić information content (AvgIpc) is 1.85. The van der Waals surface area contributed by atoms with Crippen molar-refractivity contribution in [2.24, 2.45) is 14.1 Å². The molecular formula is C5H8ClFN2. The molecule has 0 radical (unpaired) electrons. The summed E-state index contributed by atoms with van der Waals surface area (Å²) < 4.78 is 15.5. The van der Waals surface area contributed by atoms with E-state index in [-0.39, 0.29) is 18.2 Å². The molecule has 0 unspecified atom stereocenters. The summed E-state index contributed by atoms with van der Waals surface area (Å²) in [6, 6.07) is 0. The number of hydrogen-bond donors (Lipinski definition) is 0. The fourth-order valence-corrected chi connectivity index (χ4v) is 0.572. The predicted octanol–water partition coefficient (Wildman–Crippen LogP) is -3.01. The van der Waals surface area contributed by atoms with Crippen LogP contribution in [0.2, 0.25) is 0 Å². The number of halogens is 2. The highest BCUT2D eigenvalue weighted by atomic mass is 35.5. The van der Waals surface area contributed by atoms with Gasteiger partial charge in [0.05, 0.1) is 7.05 Å². The summed E-state index contributed by atoms with van der Waals surface area (Å²) in [5, 5.41) is 0. The van der Waals surface area contributed by atoms with Crippen molar-refractivity contribution >= 4 is 0 Å². The lowest BCUT2D eigenvalue weighted by atomic mass is 10.7. The lowest BCUT2D eigenvalue weighted by molar-refractivity contribution is -0.751. The molecule has 0 spiro atoms. The molecule has 0 bridgehead atoms. The minimum absolute atomic E-state index is 0. The summed E-state index contributed by atoms with van der Waals surface area (Å²) in [5.74, 6) is -0.199. The molecule has 0 aliphatic heterocycles. The molecule has 1 rings (SSSR count). The number of rotatable bonds is 0. The first kappa shape index (κ1) is 8.43. The molecule has 9 heavy (non-hydrogen) atoms. The Morgan fingerprint density at radius 1 is 1.67 bits per heavy atom. The van der Waals surface area contributed by atoms with Gasteiger partial charge in [0.15, 0.2) is 7.05 Å². The molecule has 0 fully saturated rings. The third kappa shape index (κ3) is 1.68. The van der Waals surface area contributed by atoms with E-state index in [1.54, 1.807) is 23.5 Å². The maximum Gasteiger partial charge on any atom is 0.230 e. The van der Waals surface area contributed by atoms with Gasteiger partial charge in [0.2, 0.25) is 12.0 Å². The number of aromatic nitrogens is 2. The predicted molar refractivity (Wildman–Crippen MR) is 26.5 cm³/mol. The van der Waals surface area contributed by atoms with Gasteiger partial charge in [0.25, 0.3) is 0 Å². The highest BCUT2D eigenvalue weighted by Gasteiger charge is 2.01. The second kappa shape index (κ2) is 2.82. The Hall–Kier alpha value is -0.570. The second-order valence-corrected chi connectivity index (χ2v) is 1.79. The summed E-state index contributed by atoms with van der Waals surface area (Å²) in [5.41, 5.74) is 0. The van der Waals surface area contributed by atoms with Crippen molar-refractivity contribution in [3.8, 4) is 0 Å². The average molecular weight is 151 g/mol. The lowest BCUT2D eigenvalue weighted by Crippen LogP contribution is -3.00. The Labute approximate surface area is 59.3 Å². The van der Waals surface area contributed by atoms with Crippen molar-refractivity contribution in [2.75, 3.05) is 0 Å². The van der Waals surface area contributed by atoms with E-state index in [9.17, 15) is 4.39 Å². The Kier molecular flexibility index (Phi) is 2.65. The summed E-state index contributed by atoms with van der Waals surface area (Å²) >= 11 is 0. The first-order chi connectivity index (χ1) is 3.70. The van der Waals surface area contributed by atoms with Crippen LogP contribution < -0.4 is 17.1 Å². The minimum Gasteiger partial charge on any atom is -1.00 e. The van der Waals surface area contributed by atoms with Gasteiger partial charge in [-0.15, -0.1) is 4.68 Å². The van der Waals surface area contributed by atoms with Crippen LogP contribution in [0.5, 0.6) is 0 Å². The molecule has 2 nitrogen and oxygen atoms in total. The van der Waals surface area contributed by atoms with Crippen molar-refractivity contribution in [3.63, 3.8) is 0 Å². The Balaban J connectivity index is 0.000000640. The van der Waals surface area contributed by atoms with Crippen molar-refractivity contribution in [2.45, 2.75) is 0 Å². The van der Waals surface area contributed by atoms with E-state index in [2.05, 4.69) is 0 Å². The first-order valence-electron chi connectivity index (χ1n) is 2.38. The molecular weight excluding hydrogens is 143 g/mol. The van der Waals surface area contributed by atoms with Gasteiger partial charge in [-0.1, -0.05) is 0 Å². The van der Waals surface area contributed by atoms with Crippen molar-refractivity contribution < 1.29 is 21.5 Å². The quantitative estimate of drug-likeness (QED) is 0.349. The largest absolute Gasteiger partial charge is 1.00 e. The molecule has 4 heteroatoms. The van der Waals surface area contributed by atoms with E-state index in [4.69, 9.17) is 0 Å². The fourth-order valence-electron chi connectivity index (χ4n) is 0.572. The highest BCUT2D eigenvalue weighted by Crippen LogP contribution is 1.86. The van der Waals surface area contributed by atoms with E-state index < -0.39 is 0 Å². The van der Waals surface area contributed by atoms with Crippen LogP contribution in [0.3, 0.4) is 0 Å². The molecule has 1 aromatic rings. The molecule has 0 aliphatic carbocycles. The fraction of sp³-hybridized carbons (Fsp3) is 0.400. The standard InChI is InChI=1S/C5H8FN2.ClH/c1-7-3-5(6)4-8(7)2;/h3-4H,1-2H3;1H/q+1;/p-1. The summed E-state index contributed by atoms with van der Waals surface area (Å²) in [7, 11) is 3.56. The van der Waals surface area contributed by atoms with Gasteiger partial charge >= 0.3 is 0 Å². The number of aryl methyl sites for hydroxylation is 2. The summed E-state index contributed by atoms with van der Waals surface area (Å²) in [6.45, 7) is 0. The molecule has 0 atom stereocenters. The normalized spacial score (nSPS) is 8.78. The van der Waals surface area contributed by atoms with Crippen LogP contribution in [0, 0.1) is 5.82 Å². The van der Waals surface area contributed by atoms with E-state index in [1.165, 1.54) is 12.4 Å². The molecule has 0 aromatic carbocycles. The van der Waals surface area contributed by atoms with Crippen LogP contribution in [0.25, 0.3) is 0 Å². The maximum atomic E-state index is 12.1. The SMILES string of the molecule is Cn1cc(F)c[n+]1C.[Cl-]. The van der Waals surface area contributed by atoms with Crippen LogP contribution in [0.1, 0.15) is 0 Å². The Morgan fingerprint density at radius 2 is 2.22 bits per heavy atom. The maximum absolute atomic E-state index is 12.1. The van der Waals surface area contributed by atoms with Gasteiger partial charge in [0, 0.05) is 0 Å². The van der Waals surface area contributed by atoms with E-state index in [1.807, 2.05) is 0 Å². The molecule has 0 saturated carbocycles. The molecule has 1 heterocycles. The molecule has 0 saturated heterocycles. The molecule has 1 aromatic heterocycles. The van der Waals surface area contributed by atoms with Crippen LogP contribution in [-0.4, -0.2) is 4.68 Å². The second-order valence-electron chi connectivity index (χ2n) is 1.79. The van der Waals surface area contributed by atoms with Crippen molar-refractivity contribution in [3.05, 3.63) is 18.2 Å². The van der Waals surface area contributed by atoms with Gasteiger partial charge in [-0.25, -0.2) is 0 Å². The minimum atomic E-state index is -0.199. The van der Waals surface area contributed by atoms with Gasteiger partial charge in [-0.2, -0.15) is 9.07 Å². The van der Waals surface area contributed by atoms with Gasteiger partial charge in [0.1, 0.15) is 6.20 Å². The van der Waals surface area contributed by atoms with E-state index >= 15 is 0 Å². The monoisotopic (exact) mass is 150 g/mol. The smallest absolute Gasteiger partial charge is 0.230 e. The molecule has 52 valence electrons. The van der Waals surface area contributed by atoms with Gasteiger partial charge in [-0.05, 0) is 0 Å². The summed E-state index contributed by atoms with van der Waals surface area (Å²) in [4.78, 5) is 0. The van der Waals surface area contributed by atoms with Crippen LogP contribution in [-0.2, 0) is 14.1 Å². The topological polar surface area (TPSA) is 8.81 Å². The van der Waals surface area contributed by atoms with Crippen molar-refractivity contribution in [1.82, 2.24) is 4.68 Å². The van der Waals surface area contributed by atoms with Crippen molar-refractivity contribution in [1.29, 1.82) is 0 Å². The Morgan fingerprint density at radius 3 is 2.33 bits per heavy atom.